The summed E-state index contributed by atoms with van der Waals surface area (Å²) in [4.78, 5) is 2.47. The van der Waals surface area contributed by atoms with Crippen LogP contribution < -0.4 is 0 Å². The van der Waals surface area contributed by atoms with E-state index in [9.17, 15) is 0 Å². The van der Waals surface area contributed by atoms with Gasteiger partial charge in [0.15, 0.2) is 0 Å². The fraction of sp³-hybridized carbons (Fsp3) is 0.900. The number of piperidine rings is 1. The van der Waals surface area contributed by atoms with Crippen LogP contribution in [0.25, 0.3) is 0 Å². The maximum Gasteiger partial charge on any atom is 0.0656 e. The Morgan fingerprint density at radius 2 is 2.00 bits per heavy atom. The molecule has 1 heterocycles. The first kappa shape index (κ1) is 9.54. The van der Waals surface area contributed by atoms with Crippen molar-refractivity contribution in [3.8, 4) is 6.07 Å². The van der Waals surface area contributed by atoms with E-state index in [0.29, 0.717) is 5.92 Å². The first-order valence-electron chi connectivity index (χ1n) is 4.84. The summed E-state index contributed by atoms with van der Waals surface area (Å²) in [6, 6.07) is 2.35. The molecule has 1 aliphatic rings. The first-order chi connectivity index (χ1) is 5.72. The van der Waals surface area contributed by atoms with Crippen molar-refractivity contribution in [3.05, 3.63) is 0 Å². The van der Waals surface area contributed by atoms with Crippen LogP contribution >= 0.6 is 0 Å². The first-order valence-corrected chi connectivity index (χ1v) is 4.84. The van der Waals surface area contributed by atoms with E-state index < -0.39 is 0 Å². The second-order valence-electron chi connectivity index (χ2n) is 4.10. The van der Waals surface area contributed by atoms with E-state index in [0.717, 1.165) is 31.8 Å². The second-order valence-corrected chi connectivity index (χ2v) is 4.10. The predicted molar refractivity (Wildman–Crippen MR) is 49.6 cm³/mol. The van der Waals surface area contributed by atoms with E-state index >= 15 is 0 Å². The van der Waals surface area contributed by atoms with Crippen molar-refractivity contribution in [2.24, 2.45) is 11.8 Å². The third-order valence-electron chi connectivity index (χ3n) is 2.39. The summed E-state index contributed by atoms with van der Waals surface area (Å²) < 4.78 is 0. The van der Waals surface area contributed by atoms with Crippen LogP contribution in [0.2, 0.25) is 0 Å². The number of hydrogen-bond acceptors (Lipinski definition) is 2. The third-order valence-corrected chi connectivity index (χ3v) is 2.39. The smallest absolute Gasteiger partial charge is 0.0656 e. The van der Waals surface area contributed by atoms with Crippen LogP contribution in [0.1, 0.15) is 26.7 Å². The van der Waals surface area contributed by atoms with Gasteiger partial charge < -0.3 is 4.90 Å². The fourth-order valence-electron chi connectivity index (χ4n) is 1.76. The lowest BCUT2D eigenvalue weighted by Gasteiger charge is -2.30. The summed E-state index contributed by atoms with van der Waals surface area (Å²) in [7, 11) is 0. The Hall–Kier alpha value is -0.550. The van der Waals surface area contributed by atoms with Crippen molar-refractivity contribution < 1.29 is 0 Å². The number of nitriles is 1. The van der Waals surface area contributed by atoms with Gasteiger partial charge in [-0.2, -0.15) is 5.26 Å². The van der Waals surface area contributed by atoms with Crippen LogP contribution in [-0.2, 0) is 0 Å². The van der Waals surface area contributed by atoms with Gasteiger partial charge >= 0.3 is 0 Å². The molecule has 0 spiro atoms. The molecule has 0 N–H and O–H groups in total. The van der Waals surface area contributed by atoms with Crippen molar-refractivity contribution in [1.82, 2.24) is 4.90 Å². The standard InChI is InChI=1S/C10H18N2/c1-9(2)8-12-5-3-10(7-11)4-6-12/h9-10H,3-6,8H2,1-2H3. The average molecular weight is 166 g/mol. The molecule has 68 valence electrons. The molecule has 0 atom stereocenters. The molecule has 2 heteroatoms. The molecule has 1 rings (SSSR count). The molecule has 0 radical (unpaired) electrons. The molecule has 0 aromatic heterocycles. The fourth-order valence-corrected chi connectivity index (χ4v) is 1.76. The van der Waals surface area contributed by atoms with Crippen LogP contribution in [-0.4, -0.2) is 24.5 Å². The molecular formula is C10H18N2. The summed E-state index contributed by atoms with van der Waals surface area (Å²) in [5, 5.41) is 8.69. The van der Waals surface area contributed by atoms with Gasteiger partial charge in [-0.15, -0.1) is 0 Å². The summed E-state index contributed by atoms with van der Waals surface area (Å²) >= 11 is 0. The van der Waals surface area contributed by atoms with Gasteiger partial charge in [0.25, 0.3) is 0 Å². The monoisotopic (exact) mass is 166 g/mol. The third kappa shape index (κ3) is 2.83. The highest BCUT2D eigenvalue weighted by atomic mass is 15.1. The minimum Gasteiger partial charge on any atom is -0.303 e. The van der Waals surface area contributed by atoms with Crippen molar-refractivity contribution in [3.63, 3.8) is 0 Å². The van der Waals surface area contributed by atoms with Crippen molar-refractivity contribution in [2.45, 2.75) is 26.7 Å². The number of hydrogen-bond donors (Lipinski definition) is 0. The van der Waals surface area contributed by atoms with Gasteiger partial charge in [0, 0.05) is 12.5 Å². The Kier molecular flexibility index (Phi) is 3.55. The molecule has 1 aliphatic heterocycles. The molecule has 0 unspecified atom stereocenters. The highest BCUT2D eigenvalue weighted by Gasteiger charge is 2.18. The minimum atomic E-state index is 0.327. The zero-order valence-corrected chi connectivity index (χ0v) is 8.08. The summed E-state index contributed by atoms with van der Waals surface area (Å²) in [5.74, 6) is 1.08. The van der Waals surface area contributed by atoms with E-state index in [2.05, 4.69) is 24.8 Å². The van der Waals surface area contributed by atoms with Gasteiger partial charge in [0.05, 0.1) is 6.07 Å². The highest BCUT2D eigenvalue weighted by Crippen LogP contribution is 2.16. The van der Waals surface area contributed by atoms with Gasteiger partial charge in [-0.25, -0.2) is 0 Å². The van der Waals surface area contributed by atoms with E-state index in [1.807, 2.05) is 0 Å². The minimum absolute atomic E-state index is 0.327. The molecule has 0 aromatic rings. The maximum atomic E-state index is 8.69. The maximum absolute atomic E-state index is 8.69. The molecule has 2 nitrogen and oxygen atoms in total. The van der Waals surface area contributed by atoms with Crippen molar-refractivity contribution in [1.29, 1.82) is 5.26 Å². The van der Waals surface area contributed by atoms with Crippen molar-refractivity contribution in [2.75, 3.05) is 19.6 Å². The van der Waals surface area contributed by atoms with Gasteiger partial charge in [-0.3, -0.25) is 0 Å². The lowest BCUT2D eigenvalue weighted by Crippen LogP contribution is -2.35. The lowest BCUT2D eigenvalue weighted by atomic mass is 9.98. The molecule has 1 fully saturated rings. The molecule has 1 saturated heterocycles. The Balaban J connectivity index is 2.23. The van der Waals surface area contributed by atoms with Gasteiger partial charge in [-0.05, 0) is 31.8 Å². The zero-order chi connectivity index (χ0) is 8.97. The summed E-state index contributed by atoms with van der Waals surface area (Å²) in [6.45, 7) is 7.93. The molecule has 0 saturated carbocycles. The predicted octanol–water partition coefficient (Wildman–Crippen LogP) is 1.88. The quantitative estimate of drug-likeness (QED) is 0.626. The number of rotatable bonds is 2. The lowest BCUT2D eigenvalue weighted by molar-refractivity contribution is 0.186. The van der Waals surface area contributed by atoms with Crippen LogP contribution in [0.15, 0.2) is 0 Å². The summed E-state index contributed by atoms with van der Waals surface area (Å²) in [5.41, 5.74) is 0. The molecule has 0 amide bonds. The Morgan fingerprint density at radius 3 is 2.42 bits per heavy atom. The van der Waals surface area contributed by atoms with E-state index in [1.54, 1.807) is 0 Å². The highest BCUT2D eigenvalue weighted by molar-refractivity contribution is 4.87. The Morgan fingerprint density at radius 1 is 1.42 bits per heavy atom. The van der Waals surface area contributed by atoms with Crippen LogP contribution in [0.5, 0.6) is 0 Å². The summed E-state index contributed by atoms with van der Waals surface area (Å²) in [6.07, 6.45) is 2.15. The van der Waals surface area contributed by atoms with Gasteiger partial charge in [-0.1, -0.05) is 13.8 Å². The number of likely N-dealkylation sites (tertiary alicyclic amines) is 1. The van der Waals surface area contributed by atoms with Crippen LogP contribution in [0.3, 0.4) is 0 Å². The van der Waals surface area contributed by atoms with Crippen molar-refractivity contribution >= 4 is 0 Å². The molecule has 0 bridgehead atoms. The Labute approximate surface area is 75.2 Å². The van der Waals surface area contributed by atoms with E-state index in [-0.39, 0.29) is 0 Å². The molecule has 0 aliphatic carbocycles. The van der Waals surface area contributed by atoms with Crippen LogP contribution in [0, 0.1) is 23.2 Å². The van der Waals surface area contributed by atoms with E-state index in [4.69, 9.17) is 5.26 Å². The second kappa shape index (κ2) is 4.47. The Bertz CT molecular complexity index is 161. The van der Waals surface area contributed by atoms with Gasteiger partial charge in [0.1, 0.15) is 0 Å². The number of nitrogens with zero attached hydrogens (tertiary/aromatic N) is 2. The molecule has 12 heavy (non-hydrogen) atoms. The average Bonchev–Trinajstić information content (AvgIpc) is 2.05. The van der Waals surface area contributed by atoms with E-state index in [1.165, 1.54) is 6.54 Å². The zero-order valence-electron chi connectivity index (χ0n) is 8.08. The van der Waals surface area contributed by atoms with Gasteiger partial charge in [0.2, 0.25) is 0 Å². The SMILES string of the molecule is CC(C)CN1CCC(C#N)CC1. The van der Waals surface area contributed by atoms with Crippen LogP contribution in [0.4, 0.5) is 0 Å². The largest absolute Gasteiger partial charge is 0.303 e. The molecular weight excluding hydrogens is 148 g/mol. The molecule has 0 aromatic carbocycles. The normalized spacial score (nSPS) is 21.2. The topological polar surface area (TPSA) is 27.0 Å².